The van der Waals surface area contributed by atoms with Gasteiger partial charge in [0.2, 0.25) is 15.9 Å². The monoisotopic (exact) mass is 404 g/mol. The number of piperidine rings is 1. The Hall–Kier alpha value is -2.58. The van der Waals surface area contributed by atoms with Crippen molar-refractivity contribution in [3.63, 3.8) is 0 Å². The molecule has 1 heterocycles. The molecule has 0 saturated carbocycles. The third kappa shape index (κ3) is 4.13. The van der Waals surface area contributed by atoms with E-state index in [4.69, 9.17) is 0 Å². The van der Waals surface area contributed by atoms with E-state index in [1.807, 2.05) is 0 Å². The first-order valence-electron chi connectivity index (χ1n) is 8.96. The molecule has 0 aromatic heterocycles. The largest absolute Gasteiger partial charge is 0.325 e. The first-order valence-corrected chi connectivity index (χ1v) is 10.4. The maximum Gasteiger partial charge on any atom is 0.245 e. The minimum atomic E-state index is -3.94. The number of rotatable bonds is 5. The molecule has 8 heteroatoms. The number of halogens is 1. The van der Waals surface area contributed by atoms with Crippen LogP contribution >= 0.6 is 0 Å². The maximum atomic E-state index is 13.9. The normalized spacial score (nSPS) is 15.9. The van der Waals surface area contributed by atoms with Gasteiger partial charge in [-0.2, -0.15) is 4.31 Å². The number of carbonyl (C=O) groups is 2. The van der Waals surface area contributed by atoms with E-state index in [0.717, 1.165) is 6.07 Å². The van der Waals surface area contributed by atoms with Crippen molar-refractivity contribution < 1.29 is 22.4 Å². The first-order chi connectivity index (χ1) is 13.3. The highest BCUT2D eigenvalue weighted by Gasteiger charge is 2.33. The Morgan fingerprint density at radius 3 is 2.29 bits per heavy atom. The summed E-state index contributed by atoms with van der Waals surface area (Å²) in [5.74, 6) is -1.58. The third-order valence-corrected chi connectivity index (χ3v) is 6.78. The number of ketones is 1. The van der Waals surface area contributed by atoms with Gasteiger partial charge in [0, 0.05) is 24.6 Å². The first kappa shape index (κ1) is 20.2. The van der Waals surface area contributed by atoms with Crippen molar-refractivity contribution in [3.8, 4) is 0 Å². The summed E-state index contributed by atoms with van der Waals surface area (Å²) in [6.45, 7) is 1.68. The lowest BCUT2D eigenvalue weighted by Crippen LogP contribution is -2.41. The van der Waals surface area contributed by atoms with Gasteiger partial charge in [-0.1, -0.05) is 24.3 Å². The number of hydrogen-bond acceptors (Lipinski definition) is 4. The summed E-state index contributed by atoms with van der Waals surface area (Å²) in [5, 5.41) is 2.77. The van der Waals surface area contributed by atoms with Crippen LogP contribution in [0.5, 0.6) is 0 Å². The second-order valence-corrected chi connectivity index (χ2v) is 8.61. The Bertz CT molecular complexity index is 999. The summed E-state index contributed by atoms with van der Waals surface area (Å²) in [5.41, 5.74) is 0.872. The van der Waals surface area contributed by atoms with Gasteiger partial charge in [0.15, 0.2) is 5.78 Å². The van der Waals surface area contributed by atoms with E-state index in [2.05, 4.69) is 5.32 Å². The molecule has 0 aliphatic carbocycles. The van der Waals surface area contributed by atoms with Crippen molar-refractivity contribution >= 4 is 27.4 Å². The zero-order valence-corrected chi connectivity index (χ0v) is 16.2. The van der Waals surface area contributed by atoms with Gasteiger partial charge in [0.05, 0.1) is 5.69 Å². The Labute approximate surface area is 163 Å². The van der Waals surface area contributed by atoms with Crippen LogP contribution in [-0.4, -0.2) is 37.5 Å². The topological polar surface area (TPSA) is 83.6 Å². The molecule has 1 aliphatic heterocycles. The van der Waals surface area contributed by atoms with E-state index in [1.165, 1.54) is 29.4 Å². The number of benzene rings is 2. The molecule has 2 aromatic rings. The van der Waals surface area contributed by atoms with Crippen LogP contribution in [0.3, 0.4) is 0 Å². The van der Waals surface area contributed by atoms with Crippen molar-refractivity contribution in [1.82, 2.24) is 4.31 Å². The standard InChI is InChI=1S/C20H21FN2O4S/c1-14(24)16-6-2-4-8-18(16)22-20(25)15-10-12-23(13-11-15)28(26,27)19-9-5-3-7-17(19)21/h2-9,15H,10-13H2,1H3,(H,22,25). The minimum Gasteiger partial charge on any atom is -0.325 e. The van der Waals surface area contributed by atoms with E-state index in [0.29, 0.717) is 24.1 Å². The van der Waals surface area contributed by atoms with Gasteiger partial charge < -0.3 is 5.32 Å². The van der Waals surface area contributed by atoms with Crippen LogP contribution in [0.2, 0.25) is 0 Å². The number of sulfonamides is 1. The minimum absolute atomic E-state index is 0.128. The molecule has 0 radical (unpaired) electrons. The van der Waals surface area contributed by atoms with Crippen LogP contribution < -0.4 is 5.32 Å². The third-order valence-electron chi connectivity index (χ3n) is 4.84. The lowest BCUT2D eigenvalue weighted by molar-refractivity contribution is -0.120. The molecule has 28 heavy (non-hydrogen) atoms. The van der Waals surface area contributed by atoms with Crippen molar-refractivity contribution in [2.24, 2.45) is 5.92 Å². The summed E-state index contributed by atoms with van der Waals surface area (Å²) < 4.78 is 40.4. The summed E-state index contributed by atoms with van der Waals surface area (Å²) in [6, 6.07) is 12.0. The second kappa shape index (κ2) is 8.20. The van der Waals surface area contributed by atoms with Crippen LogP contribution in [0.15, 0.2) is 53.4 Å². The summed E-state index contributed by atoms with van der Waals surface area (Å²) >= 11 is 0. The number of nitrogens with one attached hydrogen (secondary N) is 1. The number of Topliss-reactive ketones (excluding diaryl/α,β-unsaturated/α-hetero) is 1. The summed E-state index contributed by atoms with van der Waals surface area (Å²) in [6.07, 6.45) is 0.642. The highest BCUT2D eigenvalue weighted by molar-refractivity contribution is 7.89. The Balaban J connectivity index is 1.67. The van der Waals surface area contributed by atoms with Crippen molar-refractivity contribution in [1.29, 1.82) is 0 Å². The Morgan fingerprint density at radius 2 is 1.64 bits per heavy atom. The van der Waals surface area contributed by atoms with Crippen LogP contribution in [-0.2, 0) is 14.8 Å². The number of amides is 1. The predicted octanol–water partition coefficient (Wildman–Crippen LogP) is 3.07. The number of hydrogen-bond donors (Lipinski definition) is 1. The van der Waals surface area contributed by atoms with Crippen LogP contribution in [0.4, 0.5) is 10.1 Å². The molecule has 0 bridgehead atoms. The fourth-order valence-electron chi connectivity index (χ4n) is 3.29. The molecular formula is C20H21FN2O4S. The van der Waals surface area contributed by atoms with Gasteiger partial charge in [0.1, 0.15) is 10.7 Å². The van der Waals surface area contributed by atoms with Gasteiger partial charge >= 0.3 is 0 Å². The van der Waals surface area contributed by atoms with Crippen molar-refractivity contribution in [3.05, 3.63) is 59.9 Å². The zero-order chi connectivity index (χ0) is 20.3. The predicted molar refractivity (Wildman–Crippen MR) is 103 cm³/mol. The fourth-order valence-corrected chi connectivity index (χ4v) is 4.82. The van der Waals surface area contributed by atoms with E-state index < -0.39 is 15.8 Å². The number of carbonyl (C=O) groups excluding carboxylic acids is 2. The average molecular weight is 404 g/mol. The summed E-state index contributed by atoms with van der Waals surface area (Å²) in [4.78, 5) is 23.9. The molecule has 1 aliphatic rings. The summed E-state index contributed by atoms with van der Waals surface area (Å²) in [7, 11) is -3.94. The van der Waals surface area contributed by atoms with Gasteiger partial charge in [0.25, 0.3) is 0 Å². The maximum absolute atomic E-state index is 13.9. The second-order valence-electron chi connectivity index (χ2n) is 6.70. The quantitative estimate of drug-likeness (QED) is 0.777. The molecule has 1 saturated heterocycles. The molecule has 2 aromatic carbocycles. The molecule has 1 amide bonds. The van der Waals surface area contributed by atoms with E-state index in [9.17, 15) is 22.4 Å². The molecule has 0 atom stereocenters. The molecular weight excluding hydrogens is 383 g/mol. The lowest BCUT2D eigenvalue weighted by atomic mass is 9.97. The molecule has 1 fully saturated rings. The molecule has 0 spiro atoms. The lowest BCUT2D eigenvalue weighted by Gasteiger charge is -2.30. The molecule has 6 nitrogen and oxygen atoms in total. The van der Waals surface area contributed by atoms with E-state index in [1.54, 1.807) is 24.3 Å². The molecule has 0 unspecified atom stereocenters. The molecule has 1 N–H and O–H groups in total. The number of anilines is 1. The highest BCUT2D eigenvalue weighted by atomic mass is 32.2. The average Bonchev–Trinajstić information content (AvgIpc) is 2.68. The number of para-hydroxylation sites is 1. The Morgan fingerprint density at radius 1 is 1.04 bits per heavy atom. The Kier molecular flexibility index (Phi) is 5.90. The van der Waals surface area contributed by atoms with Gasteiger partial charge in [-0.05, 0) is 44.0 Å². The van der Waals surface area contributed by atoms with Crippen LogP contribution in [0.1, 0.15) is 30.1 Å². The molecule has 3 rings (SSSR count). The van der Waals surface area contributed by atoms with Crippen molar-refractivity contribution in [2.45, 2.75) is 24.7 Å². The van der Waals surface area contributed by atoms with Crippen LogP contribution in [0, 0.1) is 11.7 Å². The van der Waals surface area contributed by atoms with Gasteiger partial charge in [-0.15, -0.1) is 0 Å². The highest BCUT2D eigenvalue weighted by Crippen LogP contribution is 2.26. The molecule has 148 valence electrons. The fraction of sp³-hybridized carbons (Fsp3) is 0.300. The van der Waals surface area contributed by atoms with E-state index >= 15 is 0 Å². The van der Waals surface area contributed by atoms with Crippen molar-refractivity contribution in [2.75, 3.05) is 18.4 Å². The SMILES string of the molecule is CC(=O)c1ccccc1NC(=O)C1CCN(S(=O)(=O)c2ccccc2F)CC1. The number of nitrogens with zero attached hydrogens (tertiary/aromatic N) is 1. The smallest absolute Gasteiger partial charge is 0.245 e. The van der Waals surface area contributed by atoms with Crippen LogP contribution in [0.25, 0.3) is 0 Å². The van der Waals surface area contributed by atoms with Gasteiger partial charge in [-0.3, -0.25) is 9.59 Å². The van der Waals surface area contributed by atoms with Gasteiger partial charge in [-0.25, -0.2) is 12.8 Å². The van der Waals surface area contributed by atoms with E-state index in [-0.39, 0.29) is 35.6 Å². The zero-order valence-electron chi connectivity index (χ0n) is 15.4.